The molecule has 1 aliphatic heterocycles. The van der Waals surface area contributed by atoms with Crippen LogP contribution in [0.2, 0.25) is 0 Å². The maximum atomic E-state index is 9.76. The highest BCUT2D eigenvalue weighted by atomic mass is 16.6. The molecule has 0 aromatic carbocycles. The van der Waals surface area contributed by atoms with Crippen molar-refractivity contribution in [2.75, 3.05) is 13.2 Å². The first-order chi connectivity index (χ1) is 11.7. The molecule has 0 aliphatic carbocycles. The maximum Gasteiger partial charge on any atom is 0.149 e. The third-order valence-electron chi connectivity index (χ3n) is 4.56. The summed E-state index contributed by atoms with van der Waals surface area (Å²) in [6, 6.07) is 0. The van der Waals surface area contributed by atoms with Gasteiger partial charge in [0.15, 0.2) is 0 Å². The second-order valence-corrected chi connectivity index (χ2v) is 6.70. The first kappa shape index (κ1) is 21.4. The molecule has 24 heavy (non-hydrogen) atoms. The van der Waals surface area contributed by atoms with Gasteiger partial charge >= 0.3 is 0 Å². The Balaban J connectivity index is 2.00. The van der Waals surface area contributed by atoms with E-state index in [2.05, 4.69) is 6.92 Å². The fraction of sp³-hybridized carbons (Fsp3) is 0.895. The van der Waals surface area contributed by atoms with E-state index in [0.29, 0.717) is 0 Å². The van der Waals surface area contributed by atoms with Crippen molar-refractivity contribution in [3.8, 4) is 0 Å². The van der Waals surface area contributed by atoms with Crippen LogP contribution in [0.25, 0.3) is 0 Å². The van der Waals surface area contributed by atoms with Gasteiger partial charge in [0.25, 0.3) is 0 Å². The van der Waals surface area contributed by atoms with Crippen LogP contribution in [-0.2, 0) is 9.47 Å². The van der Waals surface area contributed by atoms with Gasteiger partial charge in [-0.05, 0) is 18.9 Å². The zero-order valence-corrected chi connectivity index (χ0v) is 15.1. The molecule has 5 nitrogen and oxygen atoms in total. The van der Waals surface area contributed by atoms with E-state index >= 15 is 0 Å². The highest BCUT2D eigenvalue weighted by Crippen LogP contribution is 2.19. The van der Waals surface area contributed by atoms with Crippen LogP contribution in [0, 0.1) is 0 Å². The number of rotatable bonds is 14. The van der Waals surface area contributed by atoms with Gasteiger partial charge in [-0.2, -0.15) is 0 Å². The Morgan fingerprint density at radius 1 is 1.04 bits per heavy atom. The molecule has 4 atom stereocenters. The van der Waals surface area contributed by atoms with Crippen LogP contribution in [0.3, 0.4) is 0 Å². The van der Waals surface area contributed by atoms with Gasteiger partial charge in [0.1, 0.15) is 24.4 Å². The van der Waals surface area contributed by atoms with Crippen LogP contribution in [0.1, 0.15) is 71.1 Å². The summed E-state index contributed by atoms with van der Waals surface area (Å²) in [4.78, 5) is 0. The van der Waals surface area contributed by atoms with Gasteiger partial charge in [-0.3, -0.25) is 0 Å². The minimum atomic E-state index is -1.01. The summed E-state index contributed by atoms with van der Waals surface area (Å²) in [5, 5.41) is 28.6. The maximum absolute atomic E-state index is 9.76. The molecule has 1 fully saturated rings. The summed E-state index contributed by atoms with van der Waals surface area (Å²) < 4.78 is 10.7. The Kier molecular flexibility index (Phi) is 12.2. The smallest absolute Gasteiger partial charge is 0.149 e. The summed E-state index contributed by atoms with van der Waals surface area (Å²) >= 11 is 0. The van der Waals surface area contributed by atoms with E-state index in [1.165, 1.54) is 51.4 Å². The molecule has 0 aromatic heterocycles. The Bertz CT molecular complexity index is 321. The normalized spacial score (nSPS) is 25.4. The first-order valence-corrected chi connectivity index (χ1v) is 9.59. The van der Waals surface area contributed by atoms with Gasteiger partial charge in [-0.1, -0.05) is 58.3 Å². The Labute approximate surface area is 146 Å². The number of hydrogen-bond donors (Lipinski definition) is 3. The molecule has 0 spiro atoms. The average Bonchev–Trinajstić information content (AvgIpc) is 2.92. The predicted octanol–water partition coefficient (Wildman–Crippen LogP) is 2.92. The first-order valence-electron chi connectivity index (χ1n) is 9.59. The molecule has 0 amide bonds. The summed E-state index contributed by atoms with van der Waals surface area (Å²) in [6.45, 7) is 2.07. The molecule has 1 aliphatic rings. The monoisotopic (exact) mass is 344 g/mol. The molecule has 1 saturated heterocycles. The molecule has 1 heterocycles. The zero-order chi connectivity index (χ0) is 17.6. The lowest BCUT2D eigenvalue weighted by Gasteiger charge is -2.23. The van der Waals surface area contributed by atoms with Gasteiger partial charge in [0, 0.05) is 0 Å². The number of aliphatic hydroxyl groups excluding tert-OH is 3. The quantitative estimate of drug-likeness (QED) is 0.333. The SMILES string of the molecule is CCCCCCCCCCC/C=C/O[C@H](CO)[C@H]1OC[C@H](O)[C@H]1O. The number of aliphatic hydroxyl groups is 3. The highest BCUT2D eigenvalue weighted by Gasteiger charge is 2.40. The number of hydrogen-bond acceptors (Lipinski definition) is 5. The van der Waals surface area contributed by atoms with Crippen molar-refractivity contribution in [3.05, 3.63) is 12.3 Å². The van der Waals surface area contributed by atoms with E-state index in [1.54, 1.807) is 6.26 Å². The predicted molar refractivity (Wildman–Crippen MR) is 94.7 cm³/mol. The van der Waals surface area contributed by atoms with Crippen molar-refractivity contribution in [1.82, 2.24) is 0 Å². The van der Waals surface area contributed by atoms with Gasteiger partial charge < -0.3 is 24.8 Å². The van der Waals surface area contributed by atoms with E-state index in [4.69, 9.17) is 9.47 Å². The molecule has 0 radical (unpaired) electrons. The third-order valence-corrected chi connectivity index (χ3v) is 4.56. The highest BCUT2D eigenvalue weighted by molar-refractivity contribution is 4.90. The minimum absolute atomic E-state index is 0.0772. The Hall–Kier alpha value is -0.620. The van der Waals surface area contributed by atoms with Gasteiger partial charge in [-0.15, -0.1) is 0 Å². The van der Waals surface area contributed by atoms with Crippen molar-refractivity contribution in [1.29, 1.82) is 0 Å². The van der Waals surface area contributed by atoms with Crippen molar-refractivity contribution < 1.29 is 24.8 Å². The molecule has 1 rings (SSSR count). The number of allylic oxidation sites excluding steroid dienone is 1. The second kappa shape index (κ2) is 13.6. The van der Waals surface area contributed by atoms with Crippen LogP contribution < -0.4 is 0 Å². The van der Waals surface area contributed by atoms with E-state index in [1.807, 2.05) is 6.08 Å². The number of ether oxygens (including phenoxy) is 2. The summed E-state index contributed by atoms with van der Waals surface area (Å²) in [6.07, 6.45) is 13.0. The Morgan fingerprint density at radius 3 is 2.21 bits per heavy atom. The van der Waals surface area contributed by atoms with E-state index in [0.717, 1.165) is 12.8 Å². The van der Waals surface area contributed by atoms with E-state index in [9.17, 15) is 15.3 Å². The molecule has 3 N–H and O–H groups in total. The molecule has 5 heteroatoms. The van der Waals surface area contributed by atoms with Crippen molar-refractivity contribution in [2.24, 2.45) is 0 Å². The molecule has 0 saturated carbocycles. The molecule has 0 bridgehead atoms. The van der Waals surface area contributed by atoms with Gasteiger partial charge in [0.05, 0.1) is 19.5 Å². The van der Waals surface area contributed by atoms with Crippen molar-refractivity contribution >= 4 is 0 Å². The van der Waals surface area contributed by atoms with Crippen LogP contribution in [-0.4, -0.2) is 52.9 Å². The fourth-order valence-corrected chi connectivity index (χ4v) is 2.97. The molecular formula is C19H36O5. The molecule has 142 valence electrons. The lowest BCUT2D eigenvalue weighted by atomic mass is 10.1. The topological polar surface area (TPSA) is 79.2 Å². The van der Waals surface area contributed by atoms with Crippen LogP contribution >= 0.6 is 0 Å². The van der Waals surface area contributed by atoms with Gasteiger partial charge in [-0.25, -0.2) is 0 Å². The van der Waals surface area contributed by atoms with Crippen LogP contribution in [0.5, 0.6) is 0 Å². The van der Waals surface area contributed by atoms with Crippen LogP contribution in [0.15, 0.2) is 12.3 Å². The third kappa shape index (κ3) is 8.47. The summed E-state index contributed by atoms with van der Waals surface area (Å²) in [5.74, 6) is 0. The molecule has 0 aromatic rings. The van der Waals surface area contributed by atoms with Crippen molar-refractivity contribution in [2.45, 2.75) is 95.5 Å². The lowest BCUT2D eigenvalue weighted by molar-refractivity contribution is -0.0737. The van der Waals surface area contributed by atoms with Gasteiger partial charge in [0.2, 0.25) is 0 Å². The largest absolute Gasteiger partial charge is 0.493 e. The summed E-state index contributed by atoms with van der Waals surface area (Å²) in [5.41, 5.74) is 0. The zero-order valence-electron chi connectivity index (χ0n) is 15.1. The second-order valence-electron chi connectivity index (χ2n) is 6.70. The average molecular weight is 344 g/mol. The van der Waals surface area contributed by atoms with E-state index in [-0.39, 0.29) is 13.2 Å². The number of unbranched alkanes of at least 4 members (excludes halogenated alkanes) is 9. The van der Waals surface area contributed by atoms with E-state index < -0.39 is 24.4 Å². The fourth-order valence-electron chi connectivity index (χ4n) is 2.97. The van der Waals surface area contributed by atoms with Crippen molar-refractivity contribution in [3.63, 3.8) is 0 Å². The van der Waals surface area contributed by atoms with Crippen LogP contribution in [0.4, 0.5) is 0 Å². The molecule has 0 unspecified atom stereocenters. The lowest BCUT2D eigenvalue weighted by Crippen LogP contribution is -2.41. The molecular weight excluding hydrogens is 308 g/mol. The minimum Gasteiger partial charge on any atom is -0.493 e. The Morgan fingerprint density at radius 2 is 1.67 bits per heavy atom. The summed E-state index contributed by atoms with van der Waals surface area (Å²) in [7, 11) is 0. The standard InChI is InChI=1S/C19H36O5/c1-2-3-4-5-6-7-8-9-10-11-12-13-23-17(14-20)19-18(22)16(21)15-24-19/h12-13,16-22H,2-11,14-15H2,1H3/b13-12+/t16-,17+,18+,19+/m0/s1.